The molecular weight excluding hydrogens is 362 g/mol. The summed E-state index contributed by atoms with van der Waals surface area (Å²) in [4.78, 5) is 12.6. The van der Waals surface area contributed by atoms with Gasteiger partial charge in [0.2, 0.25) is 5.78 Å². The summed E-state index contributed by atoms with van der Waals surface area (Å²) in [6.45, 7) is 1.96. The van der Waals surface area contributed by atoms with Crippen molar-refractivity contribution < 1.29 is 23.0 Å². The molecule has 0 N–H and O–H groups in total. The van der Waals surface area contributed by atoms with E-state index in [4.69, 9.17) is 9.47 Å². The van der Waals surface area contributed by atoms with Crippen LogP contribution in [0.2, 0.25) is 0 Å². The average Bonchev–Trinajstić information content (AvgIpc) is 3.00. The van der Waals surface area contributed by atoms with Gasteiger partial charge in [-0.1, -0.05) is 30.3 Å². The molecule has 3 nitrogen and oxygen atoms in total. The Kier molecular flexibility index (Phi) is 4.65. The second-order valence-electron chi connectivity index (χ2n) is 6.45. The molecule has 0 unspecified atom stereocenters. The van der Waals surface area contributed by atoms with Crippen LogP contribution in [0.4, 0.5) is 8.78 Å². The van der Waals surface area contributed by atoms with Gasteiger partial charge in [0.15, 0.2) is 5.76 Å². The summed E-state index contributed by atoms with van der Waals surface area (Å²) in [5.74, 6) is -0.0855. The van der Waals surface area contributed by atoms with Crippen LogP contribution in [0.15, 0.2) is 66.4 Å². The van der Waals surface area contributed by atoms with Gasteiger partial charge in [-0.25, -0.2) is 8.78 Å². The van der Waals surface area contributed by atoms with Crippen molar-refractivity contribution in [3.05, 3.63) is 100 Å². The molecule has 28 heavy (non-hydrogen) atoms. The zero-order chi connectivity index (χ0) is 19.7. The topological polar surface area (TPSA) is 35.5 Å². The van der Waals surface area contributed by atoms with Gasteiger partial charge in [-0.15, -0.1) is 0 Å². The first-order valence-corrected chi connectivity index (χ1v) is 8.72. The van der Waals surface area contributed by atoms with Gasteiger partial charge in [-0.3, -0.25) is 4.79 Å². The predicted molar refractivity (Wildman–Crippen MR) is 101 cm³/mol. The zero-order valence-corrected chi connectivity index (χ0v) is 15.0. The minimum absolute atomic E-state index is 0.0606. The summed E-state index contributed by atoms with van der Waals surface area (Å²) in [6, 6.07) is 15.6. The molecule has 3 aromatic rings. The Morgan fingerprint density at radius 3 is 2.64 bits per heavy atom. The Bertz CT molecular complexity index is 1100. The van der Waals surface area contributed by atoms with E-state index in [1.54, 1.807) is 49.4 Å². The fraction of sp³-hybridized carbons (Fsp3) is 0.0870. The number of ketones is 1. The van der Waals surface area contributed by atoms with Gasteiger partial charge in [0, 0.05) is 11.1 Å². The average molecular weight is 378 g/mol. The number of carbonyl (C=O) groups excluding carboxylic acids is 1. The van der Waals surface area contributed by atoms with Crippen LogP contribution in [-0.2, 0) is 6.61 Å². The number of carbonyl (C=O) groups is 1. The molecule has 0 spiro atoms. The third-order valence-electron chi connectivity index (χ3n) is 4.51. The fourth-order valence-corrected chi connectivity index (χ4v) is 3.05. The molecule has 0 saturated carbocycles. The van der Waals surface area contributed by atoms with E-state index in [1.165, 1.54) is 24.3 Å². The summed E-state index contributed by atoms with van der Waals surface area (Å²) in [5.41, 5.74) is 2.02. The van der Waals surface area contributed by atoms with Crippen molar-refractivity contribution in [2.45, 2.75) is 13.5 Å². The van der Waals surface area contributed by atoms with E-state index in [9.17, 15) is 13.6 Å². The van der Waals surface area contributed by atoms with Crippen molar-refractivity contribution in [2.75, 3.05) is 0 Å². The highest BCUT2D eigenvalue weighted by molar-refractivity contribution is 6.14. The van der Waals surface area contributed by atoms with Crippen LogP contribution in [-0.4, -0.2) is 5.78 Å². The summed E-state index contributed by atoms with van der Waals surface area (Å²) < 4.78 is 38.7. The van der Waals surface area contributed by atoms with Crippen LogP contribution in [0, 0.1) is 18.6 Å². The molecular formula is C23H16F2O3. The molecule has 4 rings (SSSR count). The predicted octanol–water partition coefficient (Wildman–Crippen LogP) is 5.47. The van der Waals surface area contributed by atoms with Crippen molar-refractivity contribution in [2.24, 2.45) is 0 Å². The zero-order valence-electron chi connectivity index (χ0n) is 15.0. The van der Waals surface area contributed by atoms with Gasteiger partial charge in [0.05, 0.1) is 5.56 Å². The van der Waals surface area contributed by atoms with Crippen LogP contribution in [0.5, 0.6) is 11.5 Å². The van der Waals surface area contributed by atoms with Crippen molar-refractivity contribution in [3.63, 3.8) is 0 Å². The minimum atomic E-state index is -0.432. The van der Waals surface area contributed by atoms with Crippen molar-refractivity contribution in [1.29, 1.82) is 0 Å². The van der Waals surface area contributed by atoms with E-state index in [-0.39, 0.29) is 29.5 Å². The van der Waals surface area contributed by atoms with Crippen LogP contribution in [0.3, 0.4) is 0 Å². The monoisotopic (exact) mass is 378 g/mol. The molecule has 1 heterocycles. The molecule has 0 bridgehead atoms. The lowest BCUT2D eigenvalue weighted by Crippen LogP contribution is -1.99. The van der Waals surface area contributed by atoms with Crippen LogP contribution >= 0.6 is 0 Å². The maximum absolute atomic E-state index is 13.9. The number of halogens is 2. The molecule has 0 aliphatic carbocycles. The lowest BCUT2D eigenvalue weighted by Gasteiger charge is -2.11. The minimum Gasteiger partial charge on any atom is -0.488 e. The third kappa shape index (κ3) is 3.39. The van der Waals surface area contributed by atoms with Gasteiger partial charge < -0.3 is 9.47 Å². The number of Topliss-reactive ketones (excluding diaryl/α,β-unsaturated/α-hetero) is 1. The van der Waals surface area contributed by atoms with Crippen molar-refractivity contribution in [3.8, 4) is 11.5 Å². The normalized spacial score (nSPS) is 14.1. The lowest BCUT2D eigenvalue weighted by molar-refractivity contribution is 0.101. The van der Waals surface area contributed by atoms with Crippen molar-refractivity contribution >= 4 is 11.9 Å². The van der Waals surface area contributed by atoms with Gasteiger partial charge in [0.1, 0.15) is 29.7 Å². The quantitative estimate of drug-likeness (QED) is 0.565. The number of ether oxygens (including phenoxy) is 2. The highest BCUT2D eigenvalue weighted by atomic mass is 19.1. The summed E-state index contributed by atoms with van der Waals surface area (Å²) >= 11 is 0. The summed E-state index contributed by atoms with van der Waals surface area (Å²) in [6.07, 6.45) is 1.39. The van der Waals surface area contributed by atoms with Gasteiger partial charge in [0.25, 0.3) is 0 Å². The van der Waals surface area contributed by atoms with Crippen LogP contribution in [0.25, 0.3) is 6.08 Å². The number of rotatable bonds is 4. The van der Waals surface area contributed by atoms with Gasteiger partial charge in [-0.05, 0) is 48.9 Å². The number of fused-ring (bicyclic) bond motifs is 1. The number of hydrogen-bond acceptors (Lipinski definition) is 3. The van der Waals surface area contributed by atoms with Gasteiger partial charge >= 0.3 is 0 Å². The maximum atomic E-state index is 13.9. The molecule has 3 aromatic carbocycles. The fourth-order valence-electron chi connectivity index (χ4n) is 3.05. The highest BCUT2D eigenvalue weighted by Crippen LogP contribution is 2.39. The smallest absolute Gasteiger partial charge is 0.231 e. The Labute approximate surface area is 160 Å². The highest BCUT2D eigenvalue weighted by Gasteiger charge is 2.30. The molecule has 1 aliphatic rings. The molecule has 5 heteroatoms. The largest absolute Gasteiger partial charge is 0.488 e. The SMILES string of the molecule is Cc1c(OCc2cccc(F)c2)ccc2c1O/C(=C\c1ccccc1F)C2=O. The molecule has 0 saturated heterocycles. The standard InChI is InChI=1S/C23H16F2O3/c1-14-20(27-13-15-5-4-7-17(24)11-15)10-9-18-22(26)21(28-23(14)18)12-16-6-2-3-8-19(16)25/h2-12H,13H2,1H3/b21-12-. The lowest BCUT2D eigenvalue weighted by atomic mass is 10.1. The molecule has 0 atom stereocenters. The van der Waals surface area contributed by atoms with Crippen molar-refractivity contribution in [1.82, 2.24) is 0 Å². The van der Waals surface area contributed by atoms with Crippen LogP contribution < -0.4 is 9.47 Å². The molecule has 140 valence electrons. The molecule has 0 aromatic heterocycles. The van der Waals surface area contributed by atoms with Gasteiger partial charge in [-0.2, -0.15) is 0 Å². The first-order chi connectivity index (χ1) is 13.5. The second kappa shape index (κ2) is 7.27. The Morgan fingerprint density at radius 2 is 1.86 bits per heavy atom. The maximum Gasteiger partial charge on any atom is 0.231 e. The molecule has 0 fully saturated rings. The molecule has 0 amide bonds. The van der Waals surface area contributed by atoms with Crippen LogP contribution in [0.1, 0.15) is 27.0 Å². The Hall–Kier alpha value is -3.47. The first-order valence-electron chi connectivity index (χ1n) is 8.72. The number of benzene rings is 3. The summed E-state index contributed by atoms with van der Waals surface area (Å²) in [5, 5.41) is 0. The Balaban J connectivity index is 1.59. The van der Waals surface area contributed by atoms with E-state index in [1.807, 2.05) is 0 Å². The number of allylic oxidation sites excluding steroid dienone is 1. The van der Waals surface area contributed by atoms with E-state index in [2.05, 4.69) is 0 Å². The van der Waals surface area contributed by atoms with E-state index < -0.39 is 5.82 Å². The summed E-state index contributed by atoms with van der Waals surface area (Å²) in [7, 11) is 0. The van der Waals surface area contributed by atoms with E-state index in [0.29, 0.717) is 28.2 Å². The third-order valence-corrected chi connectivity index (χ3v) is 4.51. The second-order valence-corrected chi connectivity index (χ2v) is 6.45. The first kappa shape index (κ1) is 17.9. The Morgan fingerprint density at radius 1 is 1.04 bits per heavy atom. The molecule has 0 radical (unpaired) electrons. The van der Waals surface area contributed by atoms with E-state index in [0.717, 1.165) is 0 Å². The van der Waals surface area contributed by atoms with E-state index >= 15 is 0 Å². The number of hydrogen-bond donors (Lipinski definition) is 0. The molecule has 1 aliphatic heterocycles.